The fourth-order valence-electron chi connectivity index (χ4n) is 1.52. The van der Waals surface area contributed by atoms with Gasteiger partial charge >= 0.3 is 0 Å². The SMILES string of the molecule is CCCOCCCNCCn1ccccc1=O. The molecule has 0 atom stereocenters. The lowest BCUT2D eigenvalue weighted by Crippen LogP contribution is -2.27. The average Bonchev–Trinajstić information content (AvgIpc) is 2.35. The summed E-state index contributed by atoms with van der Waals surface area (Å²) < 4.78 is 7.08. The Labute approximate surface area is 103 Å². The number of nitrogens with zero attached hydrogens (tertiary/aromatic N) is 1. The van der Waals surface area contributed by atoms with Crippen molar-refractivity contribution in [3.05, 3.63) is 34.7 Å². The second-order valence-corrected chi connectivity index (χ2v) is 3.95. The monoisotopic (exact) mass is 238 g/mol. The summed E-state index contributed by atoms with van der Waals surface area (Å²) in [5.74, 6) is 0. The number of hydrogen-bond acceptors (Lipinski definition) is 3. The third kappa shape index (κ3) is 6.24. The summed E-state index contributed by atoms with van der Waals surface area (Å²) in [5.41, 5.74) is 0.0561. The van der Waals surface area contributed by atoms with Crippen LogP contribution < -0.4 is 10.9 Å². The minimum Gasteiger partial charge on any atom is -0.381 e. The van der Waals surface area contributed by atoms with Crippen molar-refractivity contribution in [2.45, 2.75) is 26.3 Å². The first kappa shape index (κ1) is 13.9. The molecule has 4 nitrogen and oxygen atoms in total. The van der Waals surface area contributed by atoms with Crippen LogP contribution in [0.25, 0.3) is 0 Å². The third-order valence-electron chi connectivity index (χ3n) is 2.42. The molecule has 0 aromatic carbocycles. The van der Waals surface area contributed by atoms with E-state index in [4.69, 9.17) is 4.74 Å². The quantitative estimate of drug-likeness (QED) is 0.659. The van der Waals surface area contributed by atoms with Gasteiger partial charge in [0.1, 0.15) is 0 Å². The predicted octanol–water partition coefficient (Wildman–Crippen LogP) is 1.25. The standard InChI is InChI=1S/C13H22N2O2/c1-2-11-17-12-5-7-14-8-10-15-9-4-3-6-13(15)16/h3-4,6,9,14H,2,5,7-8,10-12H2,1H3. The Morgan fingerprint density at radius 2 is 2.18 bits per heavy atom. The van der Waals surface area contributed by atoms with Crippen molar-refractivity contribution in [3.63, 3.8) is 0 Å². The lowest BCUT2D eigenvalue weighted by Gasteiger charge is -2.07. The zero-order valence-electron chi connectivity index (χ0n) is 10.5. The van der Waals surface area contributed by atoms with Crippen molar-refractivity contribution in [1.29, 1.82) is 0 Å². The fourth-order valence-corrected chi connectivity index (χ4v) is 1.52. The van der Waals surface area contributed by atoms with E-state index in [9.17, 15) is 4.79 Å². The van der Waals surface area contributed by atoms with Gasteiger partial charge in [-0.25, -0.2) is 0 Å². The summed E-state index contributed by atoms with van der Waals surface area (Å²) in [6.07, 6.45) is 3.91. The summed E-state index contributed by atoms with van der Waals surface area (Å²) in [6, 6.07) is 5.22. The Morgan fingerprint density at radius 3 is 2.94 bits per heavy atom. The van der Waals surface area contributed by atoms with E-state index in [0.29, 0.717) is 0 Å². The van der Waals surface area contributed by atoms with Gasteiger partial charge in [0.15, 0.2) is 0 Å². The number of ether oxygens (including phenoxy) is 1. The van der Waals surface area contributed by atoms with E-state index in [1.165, 1.54) is 0 Å². The zero-order valence-corrected chi connectivity index (χ0v) is 10.5. The van der Waals surface area contributed by atoms with Crippen LogP contribution in [0.2, 0.25) is 0 Å². The number of pyridine rings is 1. The van der Waals surface area contributed by atoms with Crippen molar-refractivity contribution in [3.8, 4) is 0 Å². The molecule has 0 radical (unpaired) electrons. The van der Waals surface area contributed by atoms with Crippen LogP contribution in [-0.2, 0) is 11.3 Å². The molecular weight excluding hydrogens is 216 g/mol. The van der Waals surface area contributed by atoms with Crippen LogP contribution in [0.4, 0.5) is 0 Å². The normalized spacial score (nSPS) is 10.6. The summed E-state index contributed by atoms with van der Waals surface area (Å²) in [7, 11) is 0. The second-order valence-electron chi connectivity index (χ2n) is 3.95. The first-order chi connectivity index (χ1) is 8.34. The minimum absolute atomic E-state index is 0.0561. The van der Waals surface area contributed by atoms with Gasteiger partial charge in [-0.15, -0.1) is 0 Å². The van der Waals surface area contributed by atoms with Crippen molar-refractivity contribution in [2.24, 2.45) is 0 Å². The van der Waals surface area contributed by atoms with E-state index < -0.39 is 0 Å². The van der Waals surface area contributed by atoms with Gasteiger partial charge < -0.3 is 14.6 Å². The Balaban J connectivity index is 2.01. The van der Waals surface area contributed by atoms with Crippen LogP contribution in [-0.4, -0.2) is 30.9 Å². The molecule has 0 unspecified atom stereocenters. The molecule has 0 amide bonds. The number of nitrogens with one attached hydrogen (secondary N) is 1. The summed E-state index contributed by atoms with van der Waals surface area (Å²) in [5, 5.41) is 3.30. The van der Waals surface area contributed by atoms with Crippen LogP contribution in [0.5, 0.6) is 0 Å². The number of rotatable bonds is 9. The lowest BCUT2D eigenvalue weighted by molar-refractivity contribution is 0.132. The van der Waals surface area contributed by atoms with Gasteiger partial charge in [-0.3, -0.25) is 4.79 Å². The first-order valence-corrected chi connectivity index (χ1v) is 6.28. The van der Waals surface area contributed by atoms with Gasteiger partial charge in [0, 0.05) is 38.6 Å². The van der Waals surface area contributed by atoms with Crippen LogP contribution in [0.3, 0.4) is 0 Å². The number of hydrogen-bond donors (Lipinski definition) is 1. The molecule has 0 aliphatic heterocycles. The Morgan fingerprint density at radius 1 is 1.29 bits per heavy atom. The van der Waals surface area contributed by atoms with Gasteiger partial charge in [-0.1, -0.05) is 13.0 Å². The van der Waals surface area contributed by atoms with Crippen LogP contribution in [0.1, 0.15) is 19.8 Å². The highest BCUT2D eigenvalue weighted by atomic mass is 16.5. The highest BCUT2D eigenvalue weighted by Crippen LogP contribution is 1.84. The maximum Gasteiger partial charge on any atom is 0.250 e. The molecule has 1 N–H and O–H groups in total. The topological polar surface area (TPSA) is 43.3 Å². The van der Waals surface area contributed by atoms with Crippen molar-refractivity contribution < 1.29 is 4.74 Å². The summed E-state index contributed by atoms with van der Waals surface area (Å²) >= 11 is 0. The molecule has 1 aromatic heterocycles. The average molecular weight is 238 g/mol. The van der Waals surface area contributed by atoms with E-state index in [1.54, 1.807) is 16.7 Å². The molecule has 1 rings (SSSR count). The maximum absolute atomic E-state index is 11.4. The molecule has 0 spiro atoms. The van der Waals surface area contributed by atoms with Crippen molar-refractivity contribution >= 4 is 0 Å². The Bertz CT molecular complexity index is 349. The van der Waals surface area contributed by atoms with Crippen LogP contribution >= 0.6 is 0 Å². The van der Waals surface area contributed by atoms with Crippen LogP contribution in [0, 0.1) is 0 Å². The highest BCUT2D eigenvalue weighted by Gasteiger charge is 1.93. The van der Waals surface area contributed by atoms with Crippen LogP contribution in [0.15, 0.2) is 29.2 Å². The minimum atomic E-state index is 0.0561. The molecule has 4 heteroatoms. The smallest absolute Gasteiger partial charge is 0.250 e. The molecule has 0 fully saturated rings. The largest absolute Gasteiger partial charge is 0.381 e. The molecule has 0 aliphatic carbocycles. The van der Waals surface area contributed by atoms with Crippen molar-refractivity contribution in [2.75, 3.05) is 26.3 Å². The molecule has 1 aromatic rings. The molecule has 1 heterocycles. The maximum atomic E-state index is 11.4. The van der Waals surface area contributed by atoms with E-state index in [-0.39, 0.29) is 5.56 Å². The van der Waals surface area contributed by atoms with Gasteiger partial charge in [-0.05, 0) is 25.5 Å². The molecule has 0 saturated heterocycles. The highest BCUT2D eigenvalue weighted by molar-refractivity contribution is 4.93. The summed E-state index contributed by atoms with van der Waals surface area (Å²) in [6.45, 7) is 6.24. The van der Waals surface area contributed by atoms with Gasteiger partial charge in [0.2, 0.25) is 0 Å². The van der Waals surface area contributed by atoms with Gasteiger partial charge in [0.05, 0.1) is 0 Å². The van der Waals surface area contributed by atoms with Gasteiger partial charge in [-0.2, -0.15) is 0 Å². The molecular formula is C13H22N2O2. The van der Waals surface area contributed by atoms with E-state index in [1.807, 2.05) is 12.3 Å². The molecule has 0 aliphatic rings. The number of aromatic nitrogens is 1. The van der Waals surface area contributed by atoms with E-state index >= 15 is 0 Å². The molecule has 0 bridgehead atoms. The molecule has 0 saturated carbocycles. The summed E-state index contributed by atoms with van der Waals surface area (Å²) in [4.78, 5) is 11.4. The Hall–Kier alpha value is -1.13. The Kier molecular flexibility index (Phi) is 7.34. The van der Waals surface area contributed by atoms with Crippen molar-refractivity contribution in [1.82, 2.24) is 9.88 Å². The van der Waals surface area contributed by atoms with E-state index in [0.717, 1.165) is 45.7 Å². The molecule has 17 heavy (non-hydrogen) atoms. The first-order valence-electron chi connectivity index (χ1n) is 6.28. The van der Waals surface area contributed by atoms with Gasteiger partial charge in [0.25, 0.3) is 5.56 Å². The lowest BCUT2D eigenvalue weighted by atomic mass is 10.4. The van der Waals surface area contributed by atoms with E-state index in [2.05, 4.69) is 12.2 Å². The fraction of sp³-hybridized carbons (Fsp3) is 0.615. The third-order valence-corrected chi connectivity index (χ3v) is 2.42. The molecule has 96 valence electrons. The second kappa shape index (κ2) is 8.96. The zero-order chi connectivity index (χ0) is 12.3. The predicted molar refractivity (Wildman–Crippen MR) is 69.3 cm³/mol.